The lowest BCUT2D eigenvalue weighted by Gasteiger charge is -2.06. The Balaban J connectivity index is 1.88. The highest BCUT2D eigenvalue weighted by Crippen LogP contribution is 2.08. The van der Waals surface area contributed by atoms with Crippen LogP contribution in [0.4, 0.5) is 10.2 Å². The van der Waals surface area contributed by atoms with E-state index in [1.807, 2.05) is 0 Å². The lowest BCUT2D eigenvalue weighted by molar-refractivity contribution is 0.0593. The van der Waals surface area contributed by atoms with Crippen LogP contribution in [0, 0.1) is 5.82 Å². The molecule has 0 bridgehead atoms. The lowest BCUT2D eigenvalue weighted by Crippen LogP contribution is -2.10. The molecule has 1 heterocycles. The van der Waals surface area contributed by atoms with Crippen molar-refractivity contribution in [2.45, 2.75) is 6.42 Å². The van der Waals surface area contributed by atoms with Crippen LogP contribution in [0.15, 0.2) is 36.7 Å². The van der Waals surface area contributed by atoms with E-state index >= 15 is 0 Å². The van der Waals surface area contributed by atoms with Gasteiger partial charge in [-0.3, -0.25) is 0 Å². The third kappa shape index (κ3) is 3.50. The summed E-state index contributed by atoms with van der Waals surface area (Å²) in [6, 6.07) is 6.62. The van der Waals surface area contributed by atoms with Gasteiger partial charge in [0.1, 0.15) is 11.6 Å². The Morgan fingerprint density at radius 1 is 1.30 bits per heavy atom. The van der Waals surface area contributed by atoms with E-state index in [0.29, 0.717) is 24.3 Å². The number of esters is 1. The van der Waals surface area contributed by atoms with Gasteiger partial charge in [-0.2, -0.15) is 0 Å². The Bertz CT molecular complexity index is 587. The molecule has 0 aliphatic carbocycles. The Kier molecular flexibility index (Phi) is 4.60. The molecule has 0 amide bonds. The highest BCUT2D eigenvalue weighted by atomic mass is 19.1. The highest BCUT2D eigenvalue weighted by Gasteiger charge is 2.07. The second-order valence-electron chi connectivity index (χ2n) is 4.05. The zero-order chi connectivity index (χ0) is 14.4. The van der Waals surface area contributed by atoms with Crippen LogP contribution in [0.2, 0.25) is 0 Å². The van der Waals surface area contributed by atoms with Gasteiger partial charge in [-0.05, 0) is 18.1 Å². The van der Waals surface area contributed by atoms with Gasteiger partial charge >= 0.3 is 5.97 Å². The third-order valence-electron chi connectivity index (χ3n) is 2.70. The quantitative estimate of drug-likeness (QED) is 0.846. The number of halogens is 1. The number of methoxy groups -OCH3 is 1. The molecule has 0 saturated heterocycles. The summed E-state index contributed by atoms with van der Waals surface area (Å²) in [6.07, 6.45) is 3.30. The second-order valence-corrected chi connectivity index (χ2v) is 4.05. The van der Waals surface area contributed by atoms with Crippen molar-refractivity contribution in [3.05, 3.63) is 53.7 Å². The summed E-state index contributed by atoms with van der Waals surface area (Å²) in [7, 11) is 1.28. The molecule has 0 aliphatic heterocycles. The van der Waals surface area contributed by atoms with Crippen molar-refractivity contribution < 1.29 is 13.9 Å². The first-order valence-corrected chi connectivity index (χ1v) is 6.08. The van der Waals surface area contributed by atoms with E-state index in [1.165, 1.54) is 25.6 Å². The maximum absolute atomic E-state index is 13.4. The number of ether oxygens (including phenoxy) is 1. The molecule has 1 aromatic heterocycles. The van der Waals surface area contributed by atoms with Crippen LogP contribution in [0.1, 0.15) is 16.1 Å². The molecule has 0 saturated carbocycles. The number of carbonyl (C=O) groups excluding carboxylic acids is 1. The molecule has 6 heteroatoms. The fraction of sp³-hybridized carbons (Fsp3) is 0.214. The summed E-state index contributed by atoms with van der Waals surface area (Å²) in [5.74, 6) is -0.231. The van der Waals surface area contributed by atoms with E-state index in [2.05, 4.69) is 20.0 Å². The van der Waals surface area contributed by atoms with Crippen LogP contribution in [-0.4, -0.2) is 29.6 Å². The smallest absolute Gasteiger partial charge is 0.358 e. The molecule has 0 radical (unpaired) electrons. The van der Waals surface area contributed by atoms with Gasteiger partial charge in [0, 0.05) is 6.54 Å². The van der Waals surface area contributed by atoms with E-state index in [-0.39, 0.29) is 11.5 Å². The Hall–Kier alpha value is -2.50. The fourth-order valence-electron chi connectivity index (χ4n) is 1.66. The number of benzene rings is 1. The van der Waals surface area contributed by atoms with Crippen LogP contribution >= 0.6 is 0 Å². The lowest BCUT2D eigenvalue weighted by atomic mass is 10.1. The molecule has 20 heavy (non-hydrogen) atoms. The molecule has 2 aromatic rings. The molecule has 104 valence electrons. The molecule has 0 unspecified atom stereocenters. The van der Waals surface area contributed by atoms with Crippen molar-refractivity contribution in [1.82, 2.24) is 9.97 Å². The third-order valence-corrected chi connectivity index (χ3v) is 2.70. The van der Waals surface area contributed by atoms with Gasteiger partial charge < -0.3 is 10.1 Å². The summed E-state index contributed by atoms with van der Waals surface area (Å²) >= 11 is 0. The molecule has 5 nitrogen and oxygen atoms in total. The Labute approximate surface area is 115 Å². The van der Waals surface area contributed by atoms with Gasteiger partial charge in [0.25, 0.3) is 0 Å². The summed E-state index contributed by atoms with van der Waals surface area (Å²) in [5, 5.41) is 3.01. The van der Waals surface area contributed by atoms with Crippen LogP contribution in [0.25, 0.3) is 0 Å². The van der Waals surface area contributed by atoms with Gasteiger partial charge in [-0.1, -0.05) is 18.2 Å². The van der Waals surface area contributed by atoms with Crippen LogP contribution in [0.3, 0.4) is 0 Å². The van der Waals surface area contributed by atoms with Crippen molar-refractivity contribution in [1.29, 1.82) is 0 Å². The largest absolute Gasteiger partial charge is 0.464 e. The van der Waals surface area contributed by atoms with Gasteiger partial charge in [0.2, 0.25) is 0 Å². The fourth-order valence-corrected chi connectivity index (χ4v) is 1.66. The van der Waals surface area contributed by atoms with E-state index < -0.39 is 5.97 Å². The number of anilines is 1. The topological polar surface area (TPSA) is 64.1 Å². The van der Waals surface area contributed by atoms with Crippen molar-refractivity contribution in [2.75, 3.05) is 19.0 Å². The van der Waals surface area contributed by atoms with Crippen molar-refractivity contribution >= 4 is 11.8 Å². The predicted octanol–water partition coefficient (Wildman–Crippen LogP) is 2.06. The first kappa shape index (κ1) is 13.9. The average molecular weight is 275 g/mol. The zero-order valence-electron chi connectivity index (χ0n) is 11.0. The standard InChI is InChI=1S/C14H14FN3O2/c1-20-14(19)12-8-18-13(9-17-12)16-7-6-10-4-2-3-5-11(10)15/h2-5,8-9H,6-7H2,1H3,(H,16,18). The minimum absolute atomic E-state index is 0.146. The molecular formula is C14H14FN3O2. The molecular weight excluding hydrogens is 261 g/mol. The van der Waals surface area contributed by atoms with Crippen molar-refractivity contribution in [2.24, 2.45) is 0 Å². The minimum Gasteiger partial charge on any atom is -0.464 e. The van der Waals surface area contributed by atoms with Crippen molar-refractivity contribution in [3.8, 4) is 0 Å². The molecule has 1 N–H and O–H groups in total. The molecule has 0 spiro atoms. The maximum atomic E-state index is 13.4. The van der Waals surface area contributed by atoms with Crippen LogP contribution < -0.4 is 5.32 Å². The molecule has 0 atom stereocenters. The number of hydrogen-bond donors (Lipinski definition) is 1. The highest BCUT2D eigenvalue weighted by molar-refractivity contribution is 5.86. The first-order valence-electron chi connectivity index (χ1n) is 6.08. The van der Waals surface area contributed by atoms with E-state index in [1.54, 1.807) is 18.2 Å². The van der Waals surface area contributed by atoms with Crippen LogP contribution in [-0.2, 0) is 11.2 Å². The average Bonchev–Trinajstić information content (AvgIpc) is 2.49. The van der Waals surface area contributed by atoms with E-state index in [9.17, 15) is 9.18 Å². The molecule has 2 rings (SSSR count). The normalized spacial score (nSPS) is 10.1. The number of rotatable bonds is 5. The Morgan fingerprint density at radius 2 is 2.10 bits per heavy atom. The van der Waals surface area contributed by atoms with E-state index in [4.69, 9.17) is 0 Å². The number of aromatic nitrogens is 2. The van der Waals surface area contributed by atoms with Gasteiger partial charge in [-0.15, -0.1) is 0 Å². The van der Waals surface area contributed by atoms with Gasteiger partial charge in [0.05, 0.1) is 19.5 Å². The SMILES string of the molecule is COC(=O)c1cnc(NCCc2ccccc2F)cn1. The maximum Gasteiger partial charge on any atom is 0.358 e. The summed E-state index contributed by atoms with van der Waals surface area (Å²) in [6.45, 7) is 0.521. The summed E-state index contributed by atoms with van der Waals surface area (Å²) in [5.41, 5.74) is 0.784. The molecule has 1 aromatic carbocycles. The minimum atomic E-state index is -0.532. The Morgan fingerprint density at radius 3 is 2.75 bits per heavy atom. The number of hydrogen-bond acceptors (Lipinski definition) is 5. The number of nitrogens with one attached hydrogen (secondary N) is 1. The molecule has 0 fully saturated rings. The second kappa shape index (κ2) is 6.60. The van der Waals surface area contributed by atoms with Gasteiger partial charge in [-0.25, -0.2) is 19.2 Å². The predicted molar refractivity (Wildman–Crippen MR) is 72.0 cm³/mol. The summed E-state index contributed by atoms with van der Waals surface area (Å²) in [4.78, 5) is 19.1. The molecule has 0 aliphatic rings. The van der Waals surface area contributed by atoms with Gasteiger partial charge in [0.15, 0.2) is 5.69 Å². The van der Waals surface area contributed by atoms with Crippen LogP contribution in [0.5, 0.6) is 0 Å². The van der Waals surface area contributed by atoms with E-state index in [0.717, 1.165) is 0 Å². The zero-order valence-corrected chi connectivity index (χ0v) is 11.0. The number of nitrogens with zero attached hydrogens (tertiary/aromatic N) is 2. The van der Waals surface area contributed by atoms with Crippen molar-refractivity contribution in [3.63, 3.8) is 0 Å². The summed E-state index contributed by atoms with van der Waals surface area (Å²) < 4.78 is 17.9. The first-order chi connectivity index (χ1) is 9.70. The number of carbonyl (C=O) groups is 1. The monoisotopic (exact) mass is 275 g/mol.